The van der Waals surface area contributed by atoms with Crippen LogP contribution in [0.2, 0.25) is 0 Å². The number of rotatable bonds is 6. The average molecular weight is 392 g/mol. The molecule has 4 N–H and O–H groups in total. The molecule has 0 unspecified atom stereocenters. The van der Waals surface area contributed by atoms with Crippen molar-refractivity contribution in [2.45, 2.75) is 56.4 Å². The number of primary sulfonamides is 1. The van der Waals surface area contributed by atoms with Gasteiger partial charge in [-0.1, -0.05) is 0 Å². The summed E-state index contributed by atoms with van der Waals surface area (Å²) in [5.41, 5.74) is 0.955. The quantitative estimate of drug-likeness (QED) is 0.693. The van der Waals surface area contributed by atoms with Crippen LogP contribution in [0.25, 0.3) is 0 Å². The highest BCUT2D eigenvalue weighted by molar-refractivity contribution is 7.89. The molecular weight excluding hydrogens is 362 g/mol. The summed E-state index contributed by atoms with van der Waals surface area (Å²) in [6, 6.07) is 5.63. The minimum absolute atomic E-state index is 0.0356. The Hall–Kier alpha value is -1.44. The number of benzene rings is 1. The van der Waals surface area contributed by atoms with E-state index in [1.807, 2.05) is 6.92 Å². The second-order valence-corrected chi connectivity index (χ2v) is 10.6. The molecule has 6 nitrogen and oxygen atoms in total. The molecule has 148 valence electrons. The standard InChI is InChI=1S/C20H29N3O3S/c1-13(19(24)23-17-2-4-18(5-3-17)27(21,25)26)22-12-20-9-14-6-15(10-20)8-16(7-14)11-20/h2-5,13-16,22H,6-12H2,1H3,(H,23,24)(H2,21,25,26)/t13-,14?,15?,16?,20?/m0/s1. The van der Waals surface area contributed by atoms with E-state index in [9.17, 15) is 13.2 Å². The second-order valence-electron chi connectivity index (χ2n) is 9.08. The summed E-state index contributed by atoms with van der Waals surface area (Å²) in [7, 11) is -3.72. The summed E-state index contributed by atoms with van der Waals surface area (Å²) in [5.74, 6) is 2.60. The molecule has 1 aromatic carbocycles. The van der Waals surface area contributed by atoms with Gasteiger partial charge in [0.05, 0.1) is 10.9 Å². The molecule has 1 amide bonds. The monoisotopic (exact) mass is 391 g/mol. The molecule has 0 saturated heterocycles. The van der Waals surface area contributed by atoms with Crippen molar-refractivity contribution in [3.05, 3.63) is 24.3 Å². The van der Waals surface area contributed by atoms with Crippen molar-refractivity contribution in [2.24, 2.45) is 28.3 Å². The Morgan fingerprint density at radius 2 is 1.63 bits per heavy atom. The minimum atomic E-state index is -3.72. The highest BCUT2D eigenvalue weighted by Crippen LogP contribution is 2.59. The van der Waals surface area contributed by atoms with Crippen molar-refractivity contribution in [2.75, 3.05) is 11.9 Å². The van der Waals surface area contributed by atoms with Gasteiger partial charge >= 0.3 is 0 Å². The van der Waals surface area contributed by atoms with E-state index < -0.39 is 10.0 Å². The SMILES string of the molecule is C[C@H](NCC12CC3CC(CC(C3)C1)C2)C(=O)Nc1ccc(S(N)(=O)=O)cc1. The fourth-order valence-corrected chi connectivity index (χ4v) is 6.46. The Morgan fingerprint density at radius 1 is 1.11 bits per heavy atom. The molecule has 0 aromatic heterocycles. The first kappa shape index (κ1) is 18.9. The number of hydrogen-bond acceptors (Lipinski definition) is 4. The number of amides is 1. The lowest BCUT2D eigenvalue weighted by atomic mass is 9.49. The van der Waals surface area contributed by atoms with Crippen molar-refractivity contribution in [1.29, 1.82) is 0 Å². The van der Waals surface area contributed by atoms with Gasteiger partial charge < -0.3 is 10.6 Å². The fourth-order valence-electron chi connectivity index (χ4n) is 5.95. The third-order valence-corrected chi connectivity index (χ3v) is 7.72. The molecule has 4 fully saturated rings. The lowest BCUT2D eigenvalue weighted by molar-refractivity contribution is -0.118. The van der Waals surface area contributed by atoms with Gasteiger partial charge in [0.2, 0.25) is 15.9 Å². The first-order valence-electron chi connectivity index (χ1n) is 9.90. The Morgan fingerprint density at radius 3 is 2.11 bits per heavy atom. The van der Waals surface area contributed by atoms with E-state index in [4.69, 9.17) is 5.14 Å². The van der Waals surface area contributed by atoms with Crippen LogP contribution in [0.1, 0.15) is 45.4 Å². The number of nitrogens with one attached hydrogen (secondary N) is 2. The van der Waals surface area contributed by atoms with E-state index in [1.165, 1.54) is 50.7 Å². The topological polar surface area (TPSA) is 101 Å². The highest BCUT2D eigenvalue weighted by Gasteiger charge is 2.50. The lowest BCUT2D eigenvalue weighted by Gasteiger charge is -2.57. The normalized spacial score (nSPS) is 33.0. The number of hydrogen-bond donors (Lipinski definition) is 3. The molecule has 4 saturated carbocycles. The third kappa shape index (κ3) is 4.05. The van der Waals surface area contributed by atoms with Gasteiger partial charge in [-0.05, 0) is 92.9 Å². The molecular formula is C20H29N3O3S. The molecule has 27 heavy (non-hydrogen) atoms. The largest absolute Gasteiger partial charge is 0.325 e. The van der Waals surface area contributed by atoms with Gasteiger partial charge in [-0.15, -0.1) is 0 Å². The maximum atomic E-state index is 12.5. The van der Waals surface area contributed by atoms with Gasteiger partial charge in [0, 0.05) is 12.2 Å². The van der Waals surface area contributed by atoms with Gasteiger partial charge in [0.25, 0.3) is 0 Å². The highest BCUT2D eigenvalue weighted by atomic mass is 32.2. The fraction of sp³-hybridized carbons (Fsp3) is 0.650. The van der Waals surface area contributed by atoms with E-state index in [0.717, 1.165) is 24.3 Å². The summed E-state index contributed by atoms with van der Waals surface area (Å²) < 4.78 is 22.6. The zero-order chi connectivity index (χ0) is 19.2. The number of anilines is 1. The van der Waals surface area contributed by atoms with E-state index in [2.05, 4.69) is 10.6 Å². The van der Waals surface area contributed by atoms with Crippen LogP contribution in [0, 0.1) is 23.2 Å². The van der Waals surface area contributed by atoms with E-state index in [-0.39, 0.29) is 16.8 Å². The van der Waals surface area contributed by atoms with E-state index >= 15 is 0 Å². The summed E-state index contributed by atoms with van der Waals surface area (Å²) in [4.78, 5) is 12.5. The second kappa shape index (κ2) is 6.87. The van der Waals surface area contributed by atoms with Gasteiger partial charge in [-0.3, -0.25) is 4.79 Å². The van der Waals surface area contributed by atoms with Crippen LogP contribution in [-0.4, -0.2) is 26.9 Å². The average Bonchev–Trinajstić information content (AvgIpc) is 2.58. The van der Waals surface area contributed by atoms with Crippen molar-refractivity contribution in [3.63, 3.8) is 0 Å². The predicted octanol–water partition coefficient (Wildman–Crippen LogP) is 2.47. The van der Waals surface area contributed by atoms with Crippen molar-refractivity contribution >= 4 is 21.6 Å². The number of nitrogens with two attached hydrogens (primary N) is 1. The maximum absolute atomic E-state index is 12.5. The molecule has 1 aromatic rings. The Balaban J connectivity index is 1.32. The Labute approximate surface area is 161 Å². The van der Waals surface area contributed by atoms with Gasteiger partial charge in [0.1, 0.15) is 0 Å². The molecule has 0 heterocycles. The number of carbonyl (C=O) groups is 1. The van der Waals surface area contributed by atoms with Crippen LogP contribution in [0.3, 0.4) is 0 Å². The third-order valence-electron chi connectivity index (χ3n) is 6.79. The lowest BCUT2D eigenvalue weighted by Crippen LogP contribution is -2.52. The van der Waals surface area contributed by atoms with Crippen LogP contribution < -0.4 is 15.8 Å². The number of sulfonamides is 1. The molecule has 0 aliphatic heterocycles. The molecule has 4 aliphatic carbocycles. The number of carbonyl (C=O) groups excluding carboxylic acids is 1. The van der Waals surface area contributed by atoms with Crippen molar-refractivity contribution in [3.8, 4) is 0 Å². The van der Waals surface area contributed by atoms with Crippen LogP contribution in [0.4, 0.5) is 5.69 Å². The first-order chi connectivity index (χ1) is 12.7. The molecule has 0 spiro atoms. The minimum Gasteiger partial charge on any atom is -0.325 e. The van der Waals surface area contributed by atoms with Crippen molar-refractivity contribution in [1.82, 2.24) is 5.32 Å². The van der Waals surface area contributed by atoms with Gasteiger partial charge in [-0.25, -0.2) is 13.6 Å². The zero-order valence-electron chi connectivity index (χ0n) is 15.8. The van der Waals surface area contributed by atoms with Crippen LogP contribution >= 0.6 is 0 Å². The van der Waals surface area contributed by atoms with Crippen LogP contribution in [0.15, 0.2) is 29.2 Å². The smallest absolute Gasteiger partial charge is 0.241 e. The van der Waals surface area contributed by atoms with Crippen LogP contribution in [-0.2, 0) is 14.8 Å². The van der Waals surface area contributed by atoms with Crippen LogP contribution in [0.5, 0.6) is 0 Å². The Bertz CT molecular complexity index is 784. The van der Waals surface area contributed by atoms with Gasteiger partial charge in [0.15, 0.2) is 0 Å². The van der Waals surface area contributed by atoms with E-state index in [1.54, 1.807) is 12.1 Å². The predicted molar refractivity (Wildman–Crippen MR) is 105 cm³/mol. The summed E-state index contributed by atoms with van der Waals surface area (Å²) >= 11 is 0. The van der Waals surface area contributed by atoms with Gasteiger partial charge in [-0.2, -0.15) is 0 Å². The Kier molecular flexibility index (Phi) is 4.81. The van der Waals surface area contributed by atoms with E-state index in [0.29, 0.717) is 11.1 Å². The molecule has 4 bridgehead atoms. The van der Waals surface area contributed by atoms with Crippen molar-refractivity contribution < 1.29 is 13.2 Å². The molecule has 1 atom stereocenters. The summed E-state index contributed by atoms with van der Waals surface area (Å²) in [6.45, 7) is 2.80. The summed E-state index contributed by atoms with van der Waals surface area (Å²) in [6.07, 6.45) is 8.21. The zero-order valence-corrected chi connectivity index (χ0v) is 16.6. The molecule has 4 aliphatic rings. The first-order valence-corrected chi connectivity index (χ1v) is 11.4. The summed E-state index contributed by atoms with van der Waals surface area (Å²) in [5, 5.41) is 11.4. The maximum Gasteiger partial charge on any atom is 0.241 e. The molecule has 5 rings (SSSR count). The molecule has 0 radical (unpaired) electrons. The molecule has 7 heteroatoms.